The molecular formula is C14H15ClN2OS. The summed E-state index contributed by atoms with van der Waals surface area (Å²) in [7, 11) is 0. The summed E-state index contributed by atoms with van der Waals surface area (Å²) in [6, 6.07) is 5.49. The summed E-state index contributed by atoms with van der Waals surface area (Å²) >= 11 is 7.62. The van der Waals surface area contributed by atoms with Gasteiger partial charge in [0.15, 0.2) is 5.16 Å². The lowest BCUT2D eigenvalue weighted by Crippen LogP contribution is -1.98. The number of hydrogen-bond donors (Lipinski definition) is 1. The molecule has 3 nitrogen and oxygen atoms in total. The van der Waals surface area contributed by atoms with Crippen LogP contribution < -0.4 is 0 Å². The standard InChI is InChI=1S/C14H15ClN2OS/c1-8-9(2)16-14(17-10(8)3)19-13-5-4-11(7-18)6-12(13)15/h4-6,18H,7H2,1-3H3. The molecule has 0 atom stereocenters. The van der Waals surface area contributed by atoms with Crippen molar-refractivity contribution in [2.24, 2.45) is 0 Å². The van der Waals surface area contributed by atoms with E-state index in [0.717, 1.165) is 27.4 Å². The Morgan fingerprint density at radius 2 is 1.79 bits per heavy atom. The van der Waals surface area contributed by atoms with Gasteiger partial charge in [-0.25, -0.2) is 9.97 Å². The van der Waals surface area contributed by atoms with E-state index in [1.165, 1.54) is 11.8 Å². The van der Waals surface area contributed by atoms with Crippen LogP contribution in [-0.4, -0.2) is 15.1 Å². The third kappa shape index (κ3) is 3.26. The number of rotatable bonds is 3. The molecule has 0 aliphatic heterocycles. The summed E-state index contributed by atoms with van der Waals surface area (Å²) in [5.41, 5.74) is 3.88. The number of aliphatic hydroxyl groups excluding tert-OH is 1. The monoisotopic (exact) mass is 294 g/mol. The number of nitrogens with zero attached hydrogens (tertiary/aromatic N) is 2. The van der Waals surface area contributed by atoms with Crippen LogP contribution in [0.15, 0.2) is 28.3 Å². The number of aromatic nitrogens is 2. The lowest BCUT2D eigenvalue weighted by Gasteiger charge is -2.08. The lowest BCUT2D eigenvalue weighted by atomic mass is 10.2. The lowest BCUT2D eigenvalue weighted by molar-refractivity contribution is 0.282. The fourth-order valence-electron chi connectivity index (χ4n) is 1.61. The van der Waals surface area contributed by atoms with Crippen molar-refractivity contribution in [3.05, 3.63) is 45.7 Å². The van der Waals surface area contributed by atoms with Gasteiger partial charge in [-0.1, -0.05) is 17.7 Å². The number of halogens is 1. The smallest absolute Gasteiger partial charge is 0.192 e. The van der Waals surface area contributed by atoms with E-state index in [4.69, 9.17) is 16.7 Å². The molecule has 0 aliphatic carbocycles. The molecule has 0 spiro atoms. The summed E-state index contributed by atoms with van der Waals surface area (Å²) in [5, 5.41) is 10.4. The highest BCUT2D eigenvalue weighted by atomic mass is 35.5. The maximum atomic E-state index is 9.06. The summed E-state index contributed by atoms with van der Waals surface area (Å²) in [5.74, 6) is 0. The van der Waals surface area contributed by atoms with Crippen LogP contribution in [0.1, 0.15) is 22.5 Å². The Morgan fingerprint density at radius 3 is 2.32 bits per heavy atom. The highest BCUT2D eigenvalue weighted by Gasteiger charge is 2.09. The third-order valence-electron chi connectivity index (χ3n) is 2.99. The van der Waals surface area contributed by atoms with Gasteiger partial charge in [-0.05, 0) is 55.8 Å². The van der Waals surface area contributed by atoms with E-state index < -0.39 is 0 Å². The van der Waals surface area contributed by atoms with Crippen LogP contribution >= 0.6 is 23.4 Å². The minimum absolute atomic E-state index is 0.0100. The van der Waals surface area contributed by atoms with Crippen LogP contribution in [0, 0.1) is 20.8 Å². The molecule has 1 aromatic carbocycles. The van der Waals surface area contributed by atoms with Crippen LogP contribution in [-0.2, 0) is 6.61 Å². The van der Waals surface area contributed by atoms with Gasteiger partial charge in [-0.15, -0.1) is 0 Å². The van der Waals surface area contributed by atoms with E-state index in [9.17, 15) is 0 Å². The summed E-state index contributed by atoms with van der Waals surface area (Å²) in [6.07, 6.45) is 0. The van der Waals surface area contributed by atoms with Gasteiger partial charge in [0, 0.05) is 16.3 Å². The van der Waals surface area contributed by atoms with Crippen molar-refractivity contribution < 1.29 is 5.11 Å². The SMILES string of the molecule is Cc1nc(Sc2ccc(CO)cc2Cl)nc(C)c1C. The first-order valence-electron chi connectivity index (χ1n) is 5.90. The van der Waals surface area contributed by atoms with E-state index in [0.29, 0.717) is 10.2 Å². The van der Waals surface area contributed by atoms with Gasteiger partial charge < -0.3 is 5.11 Å². The molecule has 0 amide bonds. The first-order chi connectivity index (χ1) is 9.01. The maximum absolute atomic E-state index is 9.06. The van der Waals surface area contributed by atoms with E-state index in [-0.39, 0.29) is 6.61 Å². The molecule has 2 rings (SSSR count). The number of aliphatic hydroxyl groups is 1. The molecule has 0 radical (unpaired) electrons. The molecule has 19 heavy (non-hydrogen) atoms. The zero-order chi connectivity index (χ0) is 14.0. The van der Waals surface area contributed by atoms with Crippen LogP contribution in [0.3, 0.4) is 0 Å². The first kappa shape index (κ1) is 14.3. The van der Waals surface area contributed by atoms with Gasteiger partial charge in [0.25, 0.3) is 0 Å². The fourth-order valence-corrected chi connectivity index (χ4v) is 2.78. The van der Waals surface area contributed by atoms with Crippen molar-refractivity contribution in [1.29, 1.82) is 0 Å². The molecule has 2 aromatic rings. The normalized spacial score (nSPS) is 10.8. The van der Waals surface area contributed by atoms with Crippen LogP contribution in [0.2, 0.25) is 5.02 Å². The van der Waals surface area contributed by atoms with Crippen LogP contribution in [0.4, 0.5) is 0 Å². The largest absolute Gasteiger partial charge is 0.392 e. The Kier molecular flexibility index (Phi) is 4.45. The third-order valence-corrected chi connectivity index (χ3v) is 4.36. The summed E-state index contributed by atoms with van der Waals surface area (Å²) in [4.78, 5) is 9.80. The second-order valence-corrected chi connectivity index (χ2v) is 5.74. The second kappa shape index (κ2) is 5.90. The Hall–Kier alpha value is -1.10. The summed E-state index contributed by atoms with van der Waals surface area (Å²) in [6.45, 7) is 5.96. The number of hydrogen-bond acceptors (Lipinski definition) is 4. The van der Waals surface area contributed by atoms with Gasteiger partial charge in [-0.2, -0.15) is 0 Å². The molecule has 0 bridgehead atoms. The van der Waals surface area contributed by atoms with Gasteiger partial charge in [0.2, 0.25) is 0 Å². The topological polar surface area (TPSA) is 46.0 Å². The fraction of sp³-hybridized carbons (Fsp3) is 0.286. The molecule has 0 aliphatic rings. The molecular weight excluding hydrogens is 280 g/mol. The van der Waals surface area contributed by atoms with Crippen molar-refractivity contribution >= 4 is 23.4 Å². The molecule has 0 saturated carbocycles. The molecule has 1 N–H and O–H groups in total. The molecule has 1 heterocycles. The molecule has 0 fully saturated rings. The molecule has 0 saturated heterocycles. The van der Waals surface area contributed by atoms with Crippen molar-refractivity contribution in [1.82, 2.24) is 9.97 Å². The van der Waals surface area contributed by atoms with Crippen molar-refractivity contribution in [3.8, 4) is 0 Å². The van der Waals surface area contributed by atoms with Gasteiger partial charge >= 0.3 is 0 Å². The predicted octanol–water partition coefficient (Wildman–Crippen LogP) is 3.70. The zero-order valence-electron chi connectivity index (χ0n) is 11.1. The van der Waals surface area contributed by atoms with E-state index in [1.54, 1.807) is 6.07 Å². The minimum atomic E-state index is -0.0100. The molecule has 5 heteroatoms. The minimum Gasteiger partial charge on any atom is -0.392 e. The Morgan fingerprint density at radius 1 is 1.16 bits per heavy atom. The zero-order valence-corrected chi connectivity index (χ0v) is 12.6. The number of aryl methyl sites for hydroxylation is 2. The Bertz CT molecular complexity index is 593. The van der Waals surface area contributed by atoms with Gasteiger partial charge in [0.05, 0.1) is 11.6 Å². The van der Waals surface area contributed by atoms with Crippen molar-refractivity contribution in [2.45, 2.75) is 37.4 Å². The Balaban J connectivity index is 2.31. The van der Waals surface area contributed by atoms with E-state index in [1.807, 2.05) is 32.9 Å². The molecule has 1 aromatic heterocycles. The van der Waals surface area contributed by atoms with Crippen molar-refractivity contribution in [2.75, 3.05) is 0 Å². The summed E-state index contributed by atoms with van der Waals surface area (Å²) < 4.78 is 0. The molecule has 0 unspecified atom stereocenters. The van der Waals surface area contributed by atoms with Gasteiger partial charge in [0.1, 0.15) is 0 Å². The van der Waals surface area contributed by atoms with Crippen LogP contribution in [0.25, 0.3) is 0 Å². The van der Waals surface area contributed by atoms with E-state index >= 15 is 0 Å². The second-order valence-electron chi connectivity index (χ2n) is 4.33. The van der Waals surface area contributed by atoms with Crippen LogP contribution in [0.5, 0.6) is 0 Å². The molecule has 100 valence electrons. The predicted molar refractivity (Wildman–Crippen MR) is 77.7 cm³/mol. The Labute approximate surface area is 122 Å². The average Bonchev–Trinajstić information content (AvgIpc) is 2.38. The highest BCUT2D eigenvalue weighted by Crippen LogP contribution is 2.32. The van der Waals surface area contributed by atoms with Crippen molar-refractivity contribution in [3.63, 3.8) is 0 Å². The van der Waals surface area contributed by atoms with E-state index in [2.05, 4.69) is 9.97 Å². The average molecular weight is 295 g/mol. The number of benzene rings is 1. The highest BCUT2D eigenvalue weighted by molar-refractivity contribution is 7.99. The quantitative estimate of drug-likeness (QED) is 0.877. The van der Waals surface area contributed by atoms with Gasteiger partial charge in [-0.3, -0.25) is 0 Å². The maximum Gasteiger partial charge on any atom is 0.192 e. The first-order valence-corrected chi connectivity index (χ1v) is 7.09.